The third-order valence-corrected chi connectivity index (χ3v) is 5.09. The number of piperidine rings is 1. The summed E-state index contributed by atoms with van der Waals surface area (Å²) in [7, 11) is 1.91. The van der Waals surface area contributed by atoms with Crippen molar-refractivity contribution in [3.05, 3.63) is 72.3 Å². The van der Waals surface area contributed by atoms with E-state index in [1.54, 1.807) is 0 Å². The van der Waals surface area contributed by atoms with E-state index in [-0.39, 0.29) is 11.8 Å². The lowest BCUT2D eigenvalue weighted by Gasteiger charge is -2.32. The van der Waals surface area contributed by atoms with Crippen molar-refractivity contribution in [1.82, 2.24) is 24.0 Å². The first-order valence-corrected chi connectivity index (χ1v) is 9.03. The van der Waals surface area contributed by atoms with Gasteiger partial charge in [0.15, 0.2) is 0 Å². The van der Waals surface area contributed by atoms with Crippen LogP contribution in [0.2, 0.25) is 0 Å². The largest absolute Gasteiger partial charge is 0.347 e. The number of aryl methyl sites for hydroxylation is 1. The van der Waals surface area contributed by atoms with Crippen LogP contribution in [0, 0.1) is 0 Å². The van der Waals surface area contributed by atoms with Gasteiger partial charge < -0.3 is 14.0 Å². The Balaban J connectivity index is 1.51. The normalized spacial score (nSPS) is 17.4. The molecule has 1 amide bonds. The molecular weight excluding hydrogens is 326 g/mol. The predicted octanol–water partition coefficient (Wildman–Crippen LogP) is 2.68. The summed E-state index contributed by atoms with van der Waals surface area (Å²) in [5.74, 6) is 1.44. The van der Waals surface area contributed by atoms with E-state index < -0.39 is 0 Å². The van der Waals surface area contributed by atoms with E-state index in [2.05, 4.69) is 14.5 Å². The van der Waals surface area contributed by atoms with E-state index >= 15 is 0 Å². The summed E-state index contributed by atoms with van der Waals surface area (Å²) in [5, 5.41) is 0. The van der Waals surface area contributed by atoms with Gasteiger partial charge in [0.1, 0.15) is 11.5 Å². The maximum Gasteiger partial charge on any atom is 0.270 e. The molecule has 3 aromatic rings. The fourth-order valence-corrected chi connectivity index (χ4v) is 3.72. The van der Waals surface area contributed by atoms with Crippen molar-refractivity contribution in [2.75, 3.05) is 13.1 Å². The first-order chi connectivity index (χ1) is 12.7. The molecule has 3 aromatic heterocycles. The number of rotatable bonds is 4. The summed E-state index contributed by atoms with van der Waals surface area (Å²) in [6.07, 6.45) is 11.5. The lowest BCUT2D eigenvalue weighted by Crippen LogP contribution is -2.40. The van der Waals surface area contributed by atoms with Gasteiger partial charge in [-0.15, -0.1) is 0 Å². The first kappa shape index (κ1) is 16.6. The third kappa shape index (κ3) is 3.27. The maximum atomic E-state index is 12.8. The number of likely N-dealkylation sites (tertiary alicyclic amines) is 1. The van der Waals surface area contributed by atoms with Gasteiger partial charge in [0.05, 0.1) is 0 Å². The van der Waals surface area contributed by atoms with Crippen LogP contribution < -0.4 is 0 Å². The van der Waals surface area contributed by atoms with E-state index in [0.29, 0.717) is 0 Å². The molecule has 6 nitrogen and oxygen atoms in total. The number of hydrogen-bond donors (Lipinski definition) is 0. The SMILES string of the molecule is Cn1cccc1C(=O)N1CCC[C@H](c2nccn2Cc2ccncc2)C1. The molecule has 1 fully saturated rings. The Kier molecular flexibility index (Phi) is 4.56. The third-order valence-electron chi connectivity index (χ3n) is 5.09. The van der Waals surface area contributed by atoms with E-state index in [1.165, 1.54) is 5.56 Å². The molecule has 4 heterocycles. The number of carbonyl (C=O) groups excluding carboxylic acids is 1. The van der Waals surface area contributed by atoms with Gasteiger partial charge in [-0.1, -0.05) is 0 Å². The minimum Gasteiger partial charge on any atom is -0.347 e. The average Bonchev–Trinajstić information content (AvgIpc) is 3.31. The Morgan fingerprint density at radius 3 is 2.81 bits per heavy atom. The lowest BCUT2D eigenvalue weighted by molar-refractivity contribution is 0.0693. The van der Waals surface area contributed by atoms with E-state index in [4.69, 9.17) is 0 Å². The Hall–Kier alpha value is -2.89. The van der Waals surface area contributed by atoms with Crippen LogP contribution in [0.4, 0.5) is 0 Å². The molecule has 0 unspecified atom stereocenters. The molecule has 0 saturated carbocycles. The van der Waals surface area contributed by atoms with Crippen LogP contribution in [-0.2, 0) is 13.6 Å². The maximum absolute atomic E-state index is 12.8. The highest BCUT2D eigenvalue weighted by Crippen LogP contribution is 2.27. The second-order valence-corrected chi connectivity index (χ2v) is 6.86. The summed E-state index contributed by atoms with van der Waals surface area (Å²) in [5.41, 5.74) is 1.94. The fourth-order valence-electron chi connectivity index (χ4n) is 3.72. The summed E-state index contributed by atoms with van der Waals surface area (Å²) >= 11 is 0. The Morgan fingerprint density at radius 2 is 2.04 bits per heavy atom. The van der Waals surface area contributed by atoms with Gasteiger partial charge in [0.25, 0.3) is 5.91 Å². The first-order valence-electron chi connectivity index (χ1n) is 9.03. The summed E-state index contributed by atoms with van der Waals surface area (Å²) in [6.45, 7) is 2.31. The monoisotopic (exact) mass is 349 g/mol. The Morgan fingerprint density at radius 1 is 1.19 bits per heavy atom. The molecule has 0 aliphatic carbocycles. The molecule has 0 aromatic carbocycles. The molecule has 1 aliphatic heterocycles. The molecule has 134 valence electrons. The Labute approximate surface area is 153 Å². The standard InChI is InChI=1S/C20H23N5O/c1-23-11-3-5-18(23)20(26)25-12-2-4-17(15-25)19-22-10-13-24(19)14-16-6-8-21-9-7-16/h3,5-11,13,17H,2,4,12,14-15H2,1H3/t17-/m0/s1. The molecule has 0 spiro atoms. The van der Waals surface area contributed by atoms with E-state index in [0.717, 1.165) is 44.0 Å². The topological polar surface area (TPSA) is 56.0 Å². The van der Waals surface area contributed by atoms with Crippen LogP contribution in [0.5, 0.6) is 0 Å². The molecule has 1 aliphatic rings. The number of pyridine rings is 1. The van der Waals surface area contributed by atoms with Gasteiger partial charge in [-0.3, -0.25) is 9.78 Å². The molecule has 26 heavy (non-hydrogen) atoms. The summed E-state index contributed by atoms with van der Waals surface area (Å²) in [4.78, 5) is 23.5. The van der Waals surface area contributed by atoms with Crippen LogP contribution in [0.15, 0.2) is 55.2 Å². The van der Waals surface area contributed by atoms with Crippen molar-refractivity contribution < 1.29 is 4.79 Å². The zero-order chi connectivity index (χ0) is 17.9. The van der Waals surface area contributed by atoms with Crippen molar-refractivity contribution in [3.63, 3.8) is 0 Å². The van der Waals surface area contributed by atoms with Gasteiger partial charge in [-0.05, 0) is 42.7 Å². The zero-order valence-electron chi connectivity index (χ0n) is 15.0. The fraction of sp³-hybridized carbons (Fsp3) is 0.350. The van der Waals surface area contributed by atoms with Gasteiger partial charge >= 0.3 is 0 Å². The molecule has 1 atom stereocenters. The van der Waals surface area contributed by atoms with Gasteiger partial charge in [-0.25, -0.2) is 4.98 Å². The van der Waals surface area contributed by atoms with E-state index in [1.807, 2.05) is 71.8 Å². The number of carbonyl (C=O) groups is 1. The number of nitrogens with zero attached hydrogens (tertiary/aromatic N) is 5. The lowest BCUT2D eigenvalue weighted by atomic mass is 9.96. The van der Waals surface area contributed by atoms with Gasteiger partial charge in [0, 0.05) is 63.6 Å². The van der Waals surface area contributed by atoms with Crippen molar-refractivity contribution in [3.8, 4) is 0 Å². The second kappa shape index (κ2) is 7.15. The van der Waals surface area contributed by atoms with Crippen molar-refractivity contribution in [1.29, 1.82) is 0 Å². The molecule has 6 heteroatoms. The van der Waals surface area contributed by atoms with E-state index in [9.17, 15) is 4.79 Å². The molecule has 0 bridgehead atoms. The quantitative estimate of drug-likeness (QED) is 0.728. The average molecular weight is 349 g/mol. The Bertz CT molecular complexity index is 883. The number of imidazole rings is 1. The molecule has 1 saturated heterocycles. The number of hydrogen-bond acceptors (Lipinski definition) is 3. The summed E-state index contributed by atoms with van der Waals surface area (Å²) < 4.78 is 4.08. The van der Waals surface area contributed by atoms with Gasteiger partial charge in [0.2, 0.25) is 0 Å². The van der Waals surface area contributed by atoms with Crippen LogP contribution in [0.1, 0.15) is 40.6 Å². The zero-order valence-corrected chi connectivity index (χ0v) is 15.0. The van der Waals surface area contributed by atoms with Crippen molar-refractivity contribution >= 4 is 5.91 Å². The molecule has 0 N–H and O–H groups in total. The van der Waals surface area contributed by atoms with Crippen molar-refractivity contribution in [2.45, 2.75) is 25.3 Å². The minimum atomic E-state index is 0.106. The molecular formula is C20H23N5O. The van der Waals surface area contributed by atoms with Crippen LogP contribution in [0.25, 0.3) is 0 Å². The van der Waals surface area contributed by atoms with Crippen LogP contribution in [-0.4, -0.2) is 43.0 Å². The highest BCUT2D eigenvalue weighted by molar-refractivity contribution is 5.92. The minimum absolute atomic E-state index is 0.106. The highest BCUT2D eigenvalue weighted by Gasteiger charge is 2.28. The number of aromatic nitrogens is 4. The molecule has 0 radical (unpaired) electrons. The predicted molar refractivity (Wildman–Crippen MR) is 98.9 cm³/mol. The van der Waals surface area contributed by atoms with Crippen LogP contribution >= 0.6 is 0 Å². The van der Waals surface area contributed by atoms with Crippen molar-refractivity contribution in [2.24, 2.45) is 7.05 Å². The van der Waals surface area contributed by atoms with Crippen LogP contribution in [0.3, 0.4) is 0 Å². The highest BCUT2D eigenvalue weighted by atomic mass is 16.2. The molecule has 4 rings (SSSR count). The second-order valence-electron chi connectivity index (χ2n) is 6.86. The smallest absolute Gasteiger partial charge is 0.270 e. The van der Waals surface area contributed by atoms with Gasteiger partial charge in [-0.2, -0.15) is 0 Å². The summed E-state index contributed by atoms with van der Waals surface area (Å²) in [6, 6.07) is 7.85. The number of amides is 1.